The van der Waals surface area contributed by atoms with E-state index in [1.165, 1.54) is 0 Å². The number of ketones is 1. The van der Waals surface area contributed by atoms with Gasteiger partial charge in [0.25, 0.3) is 0 Å². The minimum atomic E-state index is -0.890. The molecular weight excluding hydrogens is 524 g/mol. The molecule has 0 bridgehead atoms. The van der Waals surface area contributed by atoms with Crippen LogP contribution >= 0.6 is 0 Å². The van der Waals surface area contributed by atoms with E-state index in [1.54, 1.807) is 7.11 Å². The summed E-state index contributed by atoms with van der Waals surface area (Å²) in [5, 5.41) is 45.8. The van der Waals surface area contributed by atoms with Gasteiger partial charge in [-0.05, 0) is 114 Å². The molecule has 0 aromatic carbocycles. The van der Waals surface area contributed by atoms with Gasteiger partial charge in [0.05, 0.1) is 36.7 Å². The van der Waals surface area contributed by atoms with Crippen molar-refractivity contribution in [2.24, 2.45) is 35.3 Å². The zero-order valence-electron chi connectivity index (χ0n) is 25.8. The standard InChI is InChI=1S/C32H60N2O7/c1-20(2)5-4-14-41-30-18-22(16-28(38)32(30)39)8-10-26(36)24(15-23-12-13-34-31(33)19-23)25(35)9-6-21-7-11-27(37)29(17-21)40-3/h20-25,27-32,34-35,37-39H,4-19,33H2,1-3H3. The molecule has 1 saturated heterocycles. The van der Waals surface area contributed by atoms with Crippen molar-refractivity contribution in [3.63, 3.8) is 0 Å². The predicted molar refractivity (Wildman–Crippen MR) is 159 cm³/mol. The van der Waals surface area contributed by atoms with Crippen molar-refractivity contribution in [1.82, 2.24) is 5.32 Å². The summed E-state index contributed by atoms with van der Waals surface area (Å²) >= 11 is 0. The van der Waals surface area contributed by atoms with Crippen LogP contribution in [-0.2, 0) is 14.3 Å². The third-order valence-electron chi connectivity index (χ3n) is 10.0. The fraction of sp³-hybridized carbons (Fsp3) is 0.969. The van der Waals surface area contributed by atoms with Gasteiger partial charge in [0.2, 0.25) is 0 Å². The number of Topliss-reactive ketones (excluding diaryl/α,β-unsaturated/α-hetero) is 1. The van der Waals surface area contributed by atoms with Crippen LogP contribution in [0.15, 0.2) is 0 Å². The summed E-state index contributed by atoms with van der Waals surface area (Å²) in [6.07, 6.45) is 6.71. The van der Waals surface area contributed by atoms with Gasteiger partial charge in [-0.3, -0.25) is 4.79 Å². The summed E-state index contributed by atoms with van der Waals surface area (Å²) in [7, 11) is 1.64. The molecule has 11 atom stereocenters. The van der Waals surface area contributed by atoms with E-state index < -0.39 is 36.4 Å². The second kappa shape index (κ2) is 17.6. The Kier molecular flexibility index (Phi) is 15.0. The van der Waals surface area contributed by atoms with Gasteiger partial charge in [0.1, 0.15) is 11.9 Å². The second-order valence-corrected chi connectivity index (χ2v) is 13.8. The lowest BCUT2D eigenvalue weighted by Gasteiger charge is -2.37. The Morgan fingerprint density at radius 3 is 2.39 bits per heavy atom. The van der Waals surface area contributed by atoms with E-state index in [-0.39, 0.29) is 24.0 Å². The molecule has 0 spiro atoms. The Balaban J connectivity index is 1.55. The van der Waals surface area contributed by atoms with Gasteiger partial charge < -0.3 is 41.0 Å². The highest BCUT2D eigenvalue weighted by Crippen LogP contribution is 2.35. The summed E-state index contributed by atoms with van der Waals surface area (Å²) in [6, 6.07) is 0. The number of carbonyl (C=O) groups is 1. The second-order valence-electron chi connectivity index (χ2n) is 13.8. The number of aliphatic hydroxyl groups is 4. The number of rotatable bonds is 16. The summed E-state index contributed by atoms with van der Waals surface area (Å²) in [5.74, 6) is 1.02. The molecule has 0 amide bonds. The number of ether oxygens (including phenoxy) is 2. The van der Waals surface area contributed by atoms with Crippen LogP contribution in [0.25, 0.3) is 0 Å². The number of hydrogen-bond donors (Lipinski definition) is 6. The van der Waals surface area contributed by atoms with Crippen LogP contribution in [-0.4, -0.2) is 89.3 Å². The van der Waals surface area contributed by atoms with Crippen molar-refractivity contribution < 1.29 is 34.7 Å². The van der Waals surface area contributed by atoms with Crippen LogP contribution in [0.3, 0.4) is 0 Å². The lowest BCUT2D eigenvalue weighted by atomic mass is 9.76. The van der Waals surface area contributed by atoms with Crippen LogP contribution in [0, 0.1) is 29.6 Å². The Labute approximate surface area is 247 Å². The molecule has 41 heavy (non-hydrogen) atoms. The van der Waals surface area contributed by atoms with Crippen molar-refractivity contribution in [3.8, 4) is 0 Å². The molecule has 3 fully saturated rings. The van der Waals surface area contributed by atoms with Gasteiger partial charge in [-0.1, -0.05) is 13.8 Å². The Morgan fingerprint density at radius 2 is 1.68 bits per heavy atom. The van der Waals surface area contributed by atoms with Gasteiger partial charge >= 0.3 is 0 Å². The Morgan fingerprint density at radius 1 is 0.927 bits per heavy atom. The summed E-state index contributed by atoms with van der Waals surface area (Å²) in [6.45, 7) is 5.74. The number of piperidine rings is 1. The molecule has 0 aromatic heterocycles. The van der Waals surface area contributed by atoms with Crippen molar-refractivity contribution >= 4 is 5.78 Å². The normalized spacial score (nSPS) is 36.3. The highest BCUT2D eigenvalue weighted by atomic mass is 16.5. The van der Waals surface area contributed by atoms with Gasteiger partial charge in [0, 0.05) is 26.1 Å². The van der Waals surface area contributed by atoms with Crippen molar-refractivity contribution in [2.75, 3.05) is 20.3 Å². The van der Waals surface area contributed by atoms with Crippen LogP contribution < -0.4 is 11.1 Å². The maximum absolute atomic E-state index is 13.7. The maximum atomic E-state index is 13.7. The number of nitrogens with two attached hydrogens (primary N) is 1. The summed E-state index contributed by atoms with van der Waals surface area (Å²) in [5.41, 5.74) is 6.15. The number of carbonyl (C=O) groups excluding carboxylic acids is 1. The lowest BCUT2D eigenvalue weighted by molar-refractivity contribution is -0.133. The molecule has 2 aliphatic carbocycles. The monoisotopic (exact) mass is 584 g/mol. The van der Waals surface area contributed by atoms with Crippen LogP contribution in [0.1, 0.15) is 104 Å². The first-order valence-electron chi connectivity index (χ1n) is 16.5. The average molecular weight is 585 g/mol. The smallest absolute Gasteiger partial charge is 0.138 e. The van der Waals surface area contributed by atoms with E-state index in [4.69, 9.17) is 15.2 Å². The molecule has 9 heteroatoms. The first-order chi connectivity index (χ1) is 19.6. The van der Waals surface area contributed by atoms with Crippen molar-refractivity contribution in [2.45, 2.75) is 147 Å². The highest BCUT2D eigenvalue weighted by Gasteiger charge is 2.38. The predicted octanol–water partition coefficient (Wildman–Crippen LogP) is 2.90. The van der Waals surface area contributed by atoms with Crippen LogP contribution in [0.5, 0.6) is 0 Å². The van der Waals surface area contributed by atoms with Gasteiger partial charge in [0.15, 0.2) is 0 Å². The molecule has 0 radical (unpaired) electrons. The van der Waals surface area contributed by atoms with Gasteiger partial charge in [-0.25, -0.2) is 0 Å². The first-order valence-corrected chi connectivity index (χ1v) is 16.5. The molecule has 9 nitrogen and oxygen atoms in total. The lowest BCUT2D eigenvalue weighted by Crippen LogP contribution is -2.46. The third-order valence-corrected chi connectivity index (χ3v) is 10.0. The van der Waals surface area contributed by atoms with E-state index >= 15 is 0 Å². The molecule has 1 aliphatic heterocycles. The molecule has 2 saturated carbocycles. The van der Waals surface area contributed by atoms with E-state index in [0.29, 0.717) is 69.3 Å². The van der Waals surface area contributed by atoms with E-state index in [0.717, 1.165) is 51.5 Å². The fourth-order valence-electron chi connectivity index (χ4n) is 7.38. The highest BCUT2D eigenvalue weighted by molar-refractivity contribution is 5.81. The SMILES string of the molecule is COC1CC(CCC(O)C(CC2CCNC(N)C2)C(=O)CCC2CC(O)C(O)C(OCCCC(C)C)C2)CCC1O. The topological polar surface area (TPSA) is 154 Å². The number of aliphatic hydroxyl groups excluding tert-OH is 4. The molecule has 3 rings (SSSR count). The van der Waals surface area contributed by atoms with Crippen molar-refractivity contribution in [3.05, 3.63) is 0 Å². The van der Waals surface area contributed by atoms with Crippen LogP contribution in [0.2, 0.25) is 0 Å². The Hall–Kier alpha value is -0.650. The summed E-state index contributed by atoms with van der Waals surface area (Å²) < 4.78 is 11.4. The van der Waals surface area contributed by atoms with Crippen molar-refractivity contribution in [1.29, 1.82) is 0 Å². The zero-order valence-corrected chi connectivity index (χ0v) is 25.8. The largest absolute Gasteiger partial charge is 0.392 e. The number of hydrogen-bond acceptors (Lipinski definition) is 9. The van der Waals surface area contributed by atoms with Gasteiger partial charge in [-0.15, -0.1) is 0 Å². The van der Waals surface area contributed by atoms with E-state index in [1.807, 2.05) is 0 Å². The molecule has 1 heterocycles. The van der Waals surface area contributed by atoms with E-state index in [9.17, 15) is 25.2 Å². The molecule has 3 aliphatic rings. The molecule has 7 N–H and O–H groups in total. The first kappa shape index (κ1) is 34.8. The van der Waals surface area contributed by atoms with Gasteiger partial charge in [-0.2, -0.15) is 0 Å². The Bertz CT molecular complexity index is 756. The molecular formula is C32H60N2O7. The minimum Gasteiger partial charge on any atom is -0.392 e. The number of nitrogens with one attached hydrogen (secondary N) is 1. The van der Waals surface area contributed by atoms with Crippen LogP contribution in [0.4, 0.5) is 0 Å². The number of methoxy groups -OCH3 is 1. The average Bonchev–Trinajstić information content (AvgIpc) is 2.94. The fourth-order valence-corrected chi connectivity index (χ4v) is 7.38. The third kappa shape index (κ3) is 11.4. The molecule has 11 unspecified atom stereocenters. The summed E-state index contributed by atoms with van der Waals surface area (Å²) in [4.78, 5) is 13.7. The quantitative estimate of drug-likeness (QED) is 0.150. The maximum Gasteiger partial charge on any atom is 0.138 e. The molecule has 0 aromatic rings. The minimum absolute atomic E-state index is 0.0751. The van der Waals surface area contributed by atoms with E-state index in [2.05, 4.69) is 19.2 Å². The molecule has 240 valence electrons. The zero-order chi connectivity index (χ0) is 29.9.